The minimum absolute atomic E-state index is 0. The molecule has 0 unspecified atom stereocenters. The van der Waals surface area contributed by atoms with Crippen molar-refractivity contribution in [3.63, 3.8) is 0 Å². The van der Waals surface area contributed by atoms with E-state index in [0.717, 1.165) is 13.1 Å². The highest BCUT2D eigenvalue weighted by molar-refractivity contribution is 5.85. The first-order chi connectivity index (χ1) is 5.38. The lowest BCUT2D eigenvalue weighted by atomic mass is 10.3. The number of halogens is 2. The first-order valence-electron chi connectivity index (χ1n) is 4.18. The van der Waals surface area contributed by atoms with E-state index in [2.05, 4.69) is 43.0 Å². The zero-order valence-electron chi connectivity index (χ0n) is 8.77. The summed E-state index contributed by atoms with van der Waals surface area (Å²) in [6, 6.07) is 10.5. The summed E-state index contributed by atoms with van der Waals surface area (Å²) in [4.78, 5) is 2.33. The van der Waals surface area contributed by atoms with E-state index < -0.39 is 0 Å². The third-order valence-corrected chi connectivity index (χ3v) is 1.88. The van der Waals surface area contributed by atoms with Crippen LogP contribution >= 0.6 is 24.8 Å². The van der Waals surface area contributed by atoms with E-state index in [0.29, 0.717) is 0 Å². The van der Waals surface area contributed by atoms with Crippen LogP contribution in [-0.4, -0.2) is 13.1 Å². The molecule has 1 rings (SSSR count). The number of nitrogens with zero attached hydrogens (tertiary/aromatic N) is 1. The van der Waals surface area contributed by atoms with Gasteiger partial charge < -0.3 is 11.1 Å². The molecule has 3 N–H and O–H groups in total. The predicted octanol–water partition coefficient (Wildman–Crippen LogP) is 3.54. The van der Waals surface area contributed by atoms with Crippen molar-refractivity contribution in [1.29, 1.82) is 0 Å². The molecule has 0 atom stereocenters. The average molecular weight is 239 g/mol. The van der Waals surface area contributed by atoms with Crippen LogP contribution in [0.3, 0.4) is 0 Å². The van der Waals surface area contributed by atoms with Crippen LogP contribution in [-0.2, 0) is 0 Å². The Balaban J connectivity index is -0.000000403. The maximum absolute atomic E-state index is 2.33. The Morgan fingerprint density at radius 1 is 0.929 bits per heavy atom. The predicted molar refractivity (Wildman–Crippen MR) is 69.5 cm³/mol. The fourth-order valence-corrected chi connectivity index (χ4v) is 1.23. The second-order valence-corrected chi connectivity index (χ2v) is 2.51. The van der Waals surface area contributed by atoms with Crippen molar-refractivity contribution in [2.75, 3.05) is 18.0 Å². The maximum Gasteiger partial charge on any atom is 0.0365 e. The number of hydrogen-bond acceptors (Lipinski definition) is 2. The molecule has 0 heterocycles. The van der Waals surface area contributed by atoms with Crippen LogP contribution in [0.5, 0.6) is 0 Å². The van der Waals surface area contributed by atoms with Crippen LogP contribution in [0.1, 0.15) is 13.8 Å². The van der Waals surface area contributed by atoms with Gasteiger partial charge in [0.2, 0.25) is 0 Å². The van der Waals surface area contributed by atoms with Crippen LogP contribution in [0.15, 0.2) is 30.3 Å². The summed E-state index contributed by atoms with van der Waals surface area (Å²) in [6.45, 7) is 6.52. The molecule has 0 amide bonds. The Hall–Kier alpha value is -0.440. The Bertz CT molecular complexity index is 201. The van der Waals surface area contributed by atoms with Gasteiger partial charge in [-0.2, -0.15) is 0 Å². The summed E-state index contributed by atoms with van der Waals surface area (Å²) in [6.07, 6.45) is 0. The third kappa shape index (κ3) is 5.32. The van der Waals surface area contributed by atoms with Crippen molar-refractivity contribution in [2.24, 2.45) is 0 Å². The Morgan fingerprint density at radius 3 is 1.71 bits per heavy atom. The lowest BCUT2D eigenvalue weighted by Crippen LogP contribution is -2.21. The summed E-state index contributed by atoms with van der Waals surface area (Å²) >= 11 is 0. The van der Waals surface area contributed by atoms with Crippen molar-refractivity contribution < 1.29 is 0 Å². The molecule has 2 nitrogen and oxygen atoms in total. The Morgan fingerprint density at radius 2 is 1.36 bits per heavy atom. The molecule has 0 spiro atoms. The summed E-state index contributed by atoms with van der Waals surface area (Å²) < 4.78 is 0. The standard InChI is InChI=1S/C10H15N.2ClH.H3N/c1-3-11(4-2)10-8-6-5-7-9-10;;;/h5-9H,3-4H2,1-2H3;2*1H;1H3. The Kier molecular flexibility index (Phi) is 14.6. The molecule has 0 aromatic heterocycles. The van der Waals surface area contributed by atoms with E-state index in [-0.39, 0.29) is 31.0 Å². The molecule has 0 saturated heterocycles. The number of hydrogen-bond donors (Lipinski definition) is 1. The summed E-state index contributed by atoms with van der Waals surface area (Å²) in [5, 5.41) is 0. The Labute approximate surface area is 99.1 Å². The van der Waals surface area contributed by atoms with Crippen molar-refractivity contribution in [3.05, 3.63) is 30.3 Å². The van der Waals surface area contributed by atoms with Gasteiger partial charge in [0, 0.05) is 18.8 Å². The fourth-order valence-electron chi connectivity index (χ4n) is 1.23. The van der Waals surface area contributed by atoms with Crippen LogP contribution in [0.4, 0.5) is 5.69 Å². The average Bonchev–Trinajstić information content (AvgIpc) is 2.09. The van der Waals surface area contributed by atoms with Gasteiger partial charge in [0.1, 0.15) is 0 Å². The van der Waals surface area contributed by atoms with Gasteiger partial charge in [0.05, 0.1) is 0 Å². The SMILES string of the molecule is CCN(CC)c1ccccc1.Cl.Cl.N. The smallest absolute Gasteiger partial charge is 0.0365 e. The van der Waals surface area contributed by atoms with Crippen LogP contribution in [0.25, 0.3) is 0 Å². The molecule has 1 aromatic carbocycles. The van der Waals surface area contributed by atoms with Gasteiger partial charge >= 0.3 is 0 Å². The molecule has 0 fully saturated rings. The highest BCUT2D eigenvalue weighted by Crippen LogP contribution is 2.11. The van der Waals surface area contributed by atoms with Crippen molar-refractivity contribution in [2.45, 2.75) is 13.8 Å². The zero-order chi connectivity index (χ0) is 8.10. The summed E-state index contributed by atoms with van der Waals surface area (Å²) in [5.74, 6) is 0. The van der Waals surface area contributed by atoms with Crippen molar-refractivity contribution in [3.8, 4) is 0 Å². The molecular weight excluding hydrogens is 219 g/mol. The quantitative estimate of drug-likeness (QED) is 0.876. The highest BCUT2D eigenvalue weighted by atomic mass is 35.5. The highest BCUT2D eigenvalue weighted by Gasteiger charge is 1.97. The van der Waals surface area contributed by atoms with Crippen LogP contribution < -0.4 is 11.1 Å². The summed E-state index contributed by atoms with van der Waals surface area (Å²) in [5.41, 5.74) is 1.32. The third-order valence-electron chi connectivity index (χ3n) is 1.88. The maximum atomic E-state index is 2.33. The van der Waals surface area contributed by atoms with E-state index in [4.69, 9.17) is 0 Å². The molecule has 1 aromatic rings. The van der Waals surface area contributed by atoms with E-state index in [1.54, 1.807) is 0 Å². The molecule has 84 valence electrons. The van der Waals surface area contributed by atoms with E-state index in [1.807, 2.05) is 6.07 Å². The molecule has 0 bridgehead atoms. The molecular formula is C10H20Cl2N2. The van der Waals surface area contributed by atoms with E-state index in [1.165, 1.54) is 5.69 Å². The van der Waals surface area contributed by atoms with E-state index in [9.17, 15) is 0 Å². The number of anilines is 1. The van der Waals surface area contributed by atoms with Gasteiger partial charge in [-0.1, -0.05) is 18.2 Å². The van der Waals surface area contributed by atoms with Gasteiger partial charge in [0.25, 0.3) is 0 Å². The van der Waals surface area contributed by atoms with Crippen molar-refractivity contribution in [1.82, 2.24) is 6.15 Å². The molecule has 14 heavy (non-hydrogen) atoms. The summed E-state index contributed by atoms with van der Waals surface area (Å²) in [7, 11) is 0. The van der Waals surface area contributed by atoms with Gasteiger partial charge in [-0.25, -0.2) is 0 Å². The molecule has 4 heteroatoms. The van der Waals surface area contributed by atoms with E-state index >= 15 is 0 Å². The molecule has 0 aliphatic carbocycles. The van der Waals surface area contributed by atoms with Crippen LogP contribution in [0, 0.1) is 0 Å². The van der Waals surface area contributed by atoms with Gasteiger partial charge in [-0.3, -0.25) is 0 Å². The molecule has 0 aliphatic rings. The van der Waals surface area contributed by atoms with Gasteiger partial charge in [0.15, 0.2) is 0 Å². The van der Waals surface area contributed by atoms with Gasteiger partial charge in [-0.15, -0.1) is 24.8 Å². The van der Waals surface area contributed by atoms with Gasteiger partial charge in [-0.05, 0) is 26.0 Å². The van der Waals surface area contributed by atoms with Crippen molar-refractivity contribution >= 4 is 30.5 Å². The molecule has 0 saturated carbocycles. The zero-order valence-corrected chi connectivity index (χ0v) is 10.4. The monoisotopic (exact) mass is 238 g/mol. The van der Waals surface area contributed by atoms with Crippen LogP contribution in [0.2, 0.25) is 0 Å². The molecule has 0 aliphatic heterocycles. The largest absolute Gasteiger partial charge is 0.372 e. The molecule has 0 radical (unpaired) electrons. The minimum Gasteiger partial charge on any atom is -0.372 e. The lowest BCUT2D eigenvalue weighted by molar-refractivity contribution is 0.866. The number of rotatable bonds is 3. The topological polar surface area (TPSA) is 38.2 Å². The second-order valence-electron chi connectivity index (χ2n) is 2.51. The number of benzene rings is 1. The normalized spacial score (nSPS) is 7.57. The second kappa shape index (κ2) is 10.6. The first kappa shape index (κ1) is 19.2. The lowest BCUT2D eigenvalue weighted by Gasteiger charge is -2.20. The number of para-hydroxylation sites is 1. The minimum atomic E-state index is 0. The first-order valence-corrected chi connectivity index (χ1v) is 4.18. The fraction of sp³-hybridized carbons (Fsp3) is 0.400.